The van der Waals surface area contributed by atoms with E-state index in [1.165, 1.54) is 18.3 Å². The molecule has 144 valence electrons. The third kappa shape index (κ3) is 5.52. The molecule has 0 aliphatic carbocycles. The highest BCUT2D eigenvalue weighted by Gasteiger charge is 2.17. The average Bonchev–Trinajstić information content (AvgIpc) is 2.65. The van der Waals surface area contributed by atoms with Crippen LogP contribution in [0.3, 0.4) is 0 Å². The van der Waals surface area contributed by atoms with Crippen molar-refractivity contribution in [2.24, 2.45) is 0 Å². The van der Waals surface area contributed by atoms with Crippen molar-refractivity contribution in [3.63, 3.8) is 0 Å². The lowest BCUT2D eigenvalue weighted by atomic mass is 10.2. The van der Waals surface area contributed by atoms with Gasteiger partial charge in [0.1, 0.15) is 5.69 Å². The highest BCUT2D eigenvalue weighted by atomic mass is 19.2. The first-order valence-electron chi connectivity index (χ1n) is 8.13. The molecule has 2 N–H and O–H groups in total. The van der Waals surface area contributed by atoms with E-state index in [1.54, 1.807) is 0 Å². The molecule has 0 aliphatic rings. The Kier molecular flexibility index (Phi) is 6.89. The van der Waals surface area contributed by atoms with Gasteiger partial charge in [0.2, 0.25) is 0 Å². The molecular formula is C18H19F3N4O2. The molecule has 0 atom stereocenters. The van der Waals surface area contributed by atoms with Crippen LogP contribution in [0.2, 0.25) is 0 Å². The number of rotatable bonds is 7. The summed E-state index contributed by atoms with van der Waals surface area (Å²) in [6.45, 7) is 1.24. The van der Waals surface area contributed by atoms with Crippen molar-refractivity contribution in [1.82, 2.24) is 15.2 Å². The van der Waals surface area contributed by atoms with Gasteiger partial charge in [0, 0.05) is 18.3 Å². The van der Waals surface area contributed by atoms with Crippen LogP contribution in [0.4, 0.5) is 18.9 Å². The van der Waals surface area contributed by atoms with Gasteiger partial charge in [0.15, 0.2) is 17.5 Å². The molecule has 2 rings (SSSR count). The number of carbonyl (C=O) groups is 2. The Hall–Kier alpha value is -2.94. The molecule has 1 aromatic heterocycles. The van der Waals surface area contributed by atoms with Crippen LogP contribution in [-0.2, 0) is 0 Å². The van der Waals surface area contributed by atoms with Crippen LogP contribution in [0.15, 0.2) is 30.5 Å². The summed E-state index contributed by atoms with van der Waals surface area (Å²) in [5.41, 5.74) is -0.476. The summed E-state index contributed by atoms with van der Waals surface area (Å²) in [4.78, 5) is 30.2. The molecule has 2 amide bonds. The van der Waals surface area contributed by atoms with Gasteiger partial charge in [-0.25, -0.2) is 13.2 Å². The number of nitrogens with one attached hydrogen (secondary N) is 2. The van der Waals surface area contributed by atoms with E-state index in [1.807, 2.05) is 19.0 Å². The maximum Gasteiger partial charge on any atom is 0.269 e. The second-order valence-corrected chi connectivity index (χ2v) is 6.02. The smallest absolute Gasteiger partial charge is 0.269 e. The molecule has 0 saturated carbocycles. The van der Waals surface area contributed by atoms with Gasteiger partial charge >= 0.3 is 0 Å². The van der Waals surface area contributed by atoms with Crippen molar-refractivity contribution in [3.8, 4) is 0 Å². The molecule has 1 aromatic carbocycles. The van der Waals surface area contributed by atoms with Gasteiger partial charge in [-0.05, 0) is 51.3 Å². The molecule has 0 radical (unpaired) electrons. The summed E-state index contributed by atoms with van der Waals surface area (Å²) in [5, 5.41) is 4.82. The van der Waals surface area contributed by atoms with Gasteiger partial charge in [-0.3, -0.25) is 14.6 Å². The van der Waals surface area contributed by atoms with Crippen molar-refractivity contribution in [2.45, 2.75) is 6.42 Å². The van der Waals surface area contributed by atoms with Crippen LogP contribution >= 0.6 is 0 Å². The Bertz CT molecular complexity index is 843. The van der Waals surface area contributed by atoms with Gasteiger partial charge < -0.3 is 15.5 Å². The number of halogens is 3. The third-order valence-electron chi connectivity index (χ3n) is 3.61. The number of carbonyl (C=O) groups excluding carboxylic acids is 2. The highest BCUT2D eigenvalue weighted by Crippen LogP contribution is 2.20. The van der Waals surface area contributed by atoms with E-state index in [9.17, 15) is 22.8 Å². The number of aromatic nitrogens is 1. The second-order valence-electron chi connectivity index (χ2n) is 6.02. The number of amides is 2. The number of nitrogens with zero attached hydrogens (tertiary/aromatic N) is 2. The van der Waals surface area contributed by atoms with E-state index in [0.717, 1.165) is 19.0 Å². The minimum absolute atomic E-state index is 0.0123. The molecule has 0 fully saturated rings. The fourth-order valence-electron chi connectivity index (χ4n) is 2.20. The number of benzene rings is 1. The van der Waals surface area contributed by atoms with Crippen molar-refractivity contribution in [1.29, 1.82) is 0 Å². The predicted molar refractivity (Wildman–Crippen MR) is 94.0 cm³/mol. The van der Waals surface area contributed by atoms with Crippen LogP contribution < -0.4 is 10.6 Å². The third-order valence-corrected chi connectivity index (χ3v) is 3.61. The fraction of sp³-hybridized carbons (Fsp3) is 0.278. The Labute approximate surface area is 154 Å². The summed E-state index contributed by atoms with van der Waals surface area (Å²) >= 11 is 0. The number of pyridine rings is 1. The number of hydrogen-bond acceptors (Lipinski definition) is 4. The summed E-state index contributed by atoms with van der Waals surface area (Å²) in [7, 11) is 3.84. The molecule has 27 heavy (non-hydrogen) atoms. The predicted octanol–water partition coefficient (Wildman–Crippen LogP) is 2.43. The van der Waals surface area contributed by atoms with Crippen LogP contribution in [-0.4, -0.2) is 48.9 Å². The minimum Gasteiger partial charge on any atom is -0.351 e. The van der Waals surface area contributed by atoms with E-state index in [4.69, 9.17) is 0 Å². The van der Waals surface area contributed by atoms with Crippen molar-refractivity contribution in [3.05, 3.63) is 59.2 Å². The molecule has 0 aliphatic heterocycles. The van der Waals surface area contributed by atoms with E-state index in [0.29, 0.717) is 12.6 Å². The highest BCUT2D eigenvalue weighted by molar-refractivity contribution is 6.05. The molecule has 0 spiro atoms. The molecule has 0 bridgehead atoms. The van der Waals surface area contributed by atoms with Crippen molar-refractivity contribution in [2.75, 3.05) is 32.5 Å². The molecule has 1 heterocycles. The minimum atomic E-state index is -1.68. The van der Waals surface area contributed by atoms with Crippen LogP contribution in [0.25, 0.3) is 0 Å². The molecule has 0 unspecified atom stereocenters. The Morgan fingerprint density at radius 1 is 1.07 bits per heavy atom. The van der Waals surface area contributed by atoms with Crippen molar-refractivity contribution >= 4 is 17.5 Å². The Morgan fingerprint density at radius 3 is 2.52 bits per heavy atom. The monoisotopic (exact) mass is 380 g/mol. The molecule has 9 heteroatoms. The number of hydrogen-bond donors (Lipinski definition) is 2. The first-order chi connectivity index (χ1) is 12.8. The fourth-order valence-corrected chi connectivity index (χ4v) is 2.20. The van der Waals surface area contributed by atoms with Gasteiger partial charge in [-0.1, -0.05) is 0 Å². The Morgan fingerprint density at radius 2 is 1.81 bits per heavy atom. The standard InChI is InChI=1S/C18H19F3N4O2/c1-25(2)9-3-7-23-18(27)14-10-11(6-8-22-14)17(26)24-13-5-4-12(19)15(20)16(13)21/h4-6,8,10H,3,7,9H2,1-2H3,(H,23,27)(H,24,26). The van der Waals surface area contributed by atoms with Gasteiger partial charge in [-0.15, -0.1) is 0 Å². The van der Waals surface area contributed by atoms with Gasteiger partial charge in [-0.2, -0.15) is 0 Å². The zero-order valence-electron chi connectivity index (χ0n) is 14.9. The maximum atomic E-state index is 13.7. The normalized spacial score (nSPS) is 10.7. The van der Waals surface area contributed by atoms with Crippen LogP contribution in [0, 0.1) is 17.5 Å². The average molecular weight is 380 g/mol. The summed E-state index contributed by atoms with van der Waals surface area (Å²) in [6, 6.07) is 4.16. The lowest BCUT2D eigenvalue weighted by Crippen LogP contribution is -2.28. The molecule has 6 nitrogen and oxygen atoms in total. The van der Waals surface area contributed by atoms with E-state index in [2.05, 4.69) is 15.6 Å². The van der Waals surface area contributed by atoms with Gasteiger partial charge in [0.05, 0.1) is 5.69 Å². The lowest BCUT2D eigenvalue weighted by molar-refractivity contribution is 0.0947. The molecule has 0 saturated heterocycles. The molecular weight excluding hydrogens is 361 g/mol. The number of anilines is 1. The first-order valence-corrected chi connectivity index (χ1v) is 8.13. The van der Waals surface area contributed by atoms with Gasteiger partial charge in [0.25, 0.3) is 11.8 Å². The van der Waals surface area contributed by atoms with Crippen molar-refractivity contribution < 1.29 is 22.8 Å². The summed E-state index contributed by atoms with van der Waals surface area (Å²) in [5.74, 6) is -5.79. The first kappa shape index (κ1) is 20.4. The zero-order valence-corrected chi connectivity index (χ0v) is 14.9. The van der Waals surface area contributed by atoms with E-state index < -0.39 is 35.0 Å². The largest absolute Gasteiger partial charge is 0.351 e. The zero-order chi connectivity index (χ0) is 20.0. The SMILES string of the molecule is CN(C)CCCNC(=O)c1cc(C(=O)Nc2ccc(F)c(F)c2F)ccn1. The van der Waals surface area contributed by atoms with E-state index in [-0.39, 0.29) is 11.3 Å². The lowest BCUT2D eigenvalue weighted by Gasteiger charge is -2.10. The summed E-state index contributed by atoms with van der Waals surface area (Å²) < 4.78 is 39.9. The second kappa shape index (κ2) is 9.13. The van der Waals surface area contributed by atoms with E-state index >= 15 is 0 Å². The molecule has 2 aromatic rings. The topological polar surface area (TPSA) is 74.3 Å². The van der Waals surface area contributed by atoms with Crippen LogP contribution in [0.1, 0.15) is 27.3 Å². The quantitative estimate of drug-likeness (QED) is 0.572. The van der Waals surface area contributed by atoms with Crippen LogP contribution in [0.5, 0.6) is 0 Å². The maximum absolute atomic E-state index is 13.7. The Balaban J connectivity index is 2.05. The summed E-state index contributed by atoms with van der Waals surface area (Å²) in [6.07, 6.45) is 2.00.